The van der Waals surface area contributed by atoms with Crippen molar-refractivity contribution in [3.8, 4) is 0 Å². The Kier molecular flexibility index (Phi) is 3.74. The van der Waals surface area contributed by atoms with Crippen LogP contribution in [0.5, 0.6) is 0 Å². The van der Waals surface area contributed by atoms with E-state index in [1.165, 1.54) is 0 Å². The molecule has 3 heteroatoms. The third kappa shape index (κ3) is 2.91. The molecule has 0 saturated carbocycles. The zero-order chi connectivity index (χ0) is 10.6. The summed E-state index contributed by atoms with van der Waals surface area (Å²) in [4.78, 5) is 0. The molecule has 0 radical (unpaired) electrons. The van der Waals surface area contributed by atoms with Gasteiger partial charge in [0.25, 0.3) is 0 Å². The Morgan fingerprint density at radius 2 is 2.36 bits per heavy atom. The number of aromatic nitrogens is 2. The van der Waals surface area contributed by atoms with Crippen molar-refractivity contribution in [3.63, 3.8) is 0 Å². The van der Waals surface area contributed by atoms with Crippen molar-refractivity contribution in [1.29, 1.82) is 0 Å². The summed E-state index contributed by atoms with van der Waals surface area (Å²) in [6.07, 6.45) is 1.01. The van der Waals surface area contributed by atoms with Crippen LogP contribution in [0.4, 0.5) is 0 Å². The maximum atomic E-state index is 5.27. The van der Waals surface area contributed by atoms with Crippen molar-refractivity contribution < 1.29 is 4.74 Å². The van der Waals surface area contributed by atoms with Gasteiger partial charge in [-0.15, -0.1) is 0 Å². The predicted octanol–water partition coefficient (Wildman–Crippen LogP) is 2.62. The van der Waals surface area contributed by atoms with Gasteiger partial charge in [-0.25, -0.2) is 0 Å². The van der Waals surface area contributed by atoms with Gasteiger partial charge in [-0.05, 0) is 25.3 Å². The summed E-state index contributed by atoms with van der Waals surface area (Å²) >= 11 is 0. The minimum Gasteiger partial charge on any atom is -0.492 e. The largest absolute Gasteiger partial charge is 0.492 e. The van der Waals surface area contributed by atoms with Crippen molar-refractivity contribution in [3.05, 3.63) is 24.0 Å². The first-order valence-electron chi connectivity index (χ1n) is 4.99. The Labute approximate surface area is 85.2 Å². The molecule has 0 aliphatic heterocycles. The summed E-state index contributed by atoms with van der Waals surface area (Å²) in [5, 5.41) is 7.12. The molecule has 14 heavy (non-hydrogen) atoms. The quantitative estimate of drug-likeness (QED) is 0.732. The lowest BCUT2D eigenvalue weighted by Gasteiger charge is -2.01. The van der Waals surface area contributed by atoms with Gasteiger partial charge in [0.1, 0.15) is 11.5 Å². The maximum absolute atomic E-state index is 5.27. The molecule has 1 aromatic heterocycles. The van der Waals surface area contributed by atoms with Gasteiger partial charge in [-0.3, -0.25) is 5.10 Å². The van der Waals surface area contributed by atoms with Crippen LogP contribution < -0.4 is 0 Å². The lowest BCUT2D eigenvalue weighted by Crippen LogP contribution is -1.93. The van der Waals surface area contributed by atoms with Crippen LogP contribution in [0.3, 0.4) is 0 Å². The molecule has 0 atom stereocenters. The molecule has 1 aromatic rings. The number of rotatable bonds is 5. The highest BCUT2D eigenvalue weighted by Crippen LogP contribution is 2.13. The molecule has 0 unspecified atom stereocenters. The van der Waals surface area contributed by atoms with Gasteiger partial charge >= 0.3 is 0 Å². The molecule has 0 saturated heterocycles. The first-order valence-corrected chi connectivity index (χ1v) is 4.99. The minimum atomic E-state index is 0.628. The van der Waals surface area contributed by atoms with E-state index >= 15 is 0 Å². The number of ether oxygens (including phenoxy) is 1. The number of aromatic amines is 1. The Morgan fingerprint density at radius 3 is 2.93 bits per heavy atom. The molecular weight excluding hydrogens is 176 g/mol. The molecule has 3 nitrogen and oxygen atoms in total. The number of hydrogen-bond donors (Lipinski definition) is 1. The zero-order valence-electron chi connectivity index (χ0n) is 9.13. The molecule has 0 bridgehead atoms. The van der Waals surface area contributed by atoms with Gasteiger partial charge in [0, 0.05) is 5.69 Å². The van der Waals surface area contributed by atoms with E-state index in [1.807, 2.05) is 13.0 Å². The topological polar surface area (TPSA) is 37.9 Å². The van der Waals surface area contributed by atoms with Crippen LogP contribution in [-0.4, -0.2) is 16.8 Å². The molecule has 0 fully saturated rings. The van der Waals surface area contributed by atoms with Crippen LogP contribution >= 0.6 is 0 Å². The normalized spacial score (nSPS) is 10.6. The van der Waals surface area contributed by atoms with E-state index in [0.717, 1.165) is 17.8 Å². The molecule has 1 heterocycles. The number of nitrogens with one attached hydrogen (secondary N) is 1. The van der Waals surface area contributed by atoms with Gasteiger partial charge in [0.05, 0.1) is 6.61 Å². The van der Waals surface area contributed by atoms with Crippen molar-refractivity contribution in [2.75, 3.05) is 6.61 Å². The first kappa shape index (κ1) is 10.8. The molecule has 78 valence electrons. The molecule has 0 spiro atoms. The van der Waals surface area contributed by atoms with E-state index in [2.05, 4.69) is 30.6 Å². The van der Waals surface area contributed by atoms with Crippen LogP contribution in [0.25, 0.3) is 5.76 Å². The summed E-state index contributed by atoms with van der Waals surface area (Å²) < 4.78 is 5.27. The highest BCUT2D eigenvalue weighted by molar-refractivity contribution is 5.53. The van der Waals surface area contributed by atoms with E-state index in [9.17, 15) is 0 Å². The molecule has 0 amide bonds. The number of hydrogen-bond acceptors (Lipinski definition) is 2. The zero-order valence-corrected chi connectivity index (χ0v) is 9.13. The fraction of sp³-hybridized carbons (Fsp3) is 0.545. The van der Waals surface area contributed by atoms with Gasteiger partial charge in [0.15, 0.2) is 0 Å². The Balaban J connectivity index is 2.63. The number of nitrogens with zero attached hydrogens (tertiary/aromatic N) is 1. The second kappa shape index (κ2) is 4.84. The minimum absolute atomic E-state index is 0.628. The second-order valence-corrected chi connectivity index (χ2v) is 3.73. The second-order valence-electron chi connectivity index (χ2n) is 3.73. The third-order valence-electron chi connectivity index (χ3n) is 1.86. The molecule has 1 rings (SSSR count). The Morgan fingerprint density at radius 1 is 1.64 bits per heavy atom. The fourth-order valence-corrected chi connectivity index (χ4v) is 1.30. The van der Waals surface area contributed by atoms with Crippen LogP contribution in [0.2, 0.25) is 0 Å². The summed E-state index contributed by atoms with van der Waals surface area (Å²) in [6.45, 7) is 10.7. The average molecular weight is 194 g/mol. The van der Waals surface area contributed by atoms with E-state index in [1.54, 1.807) is 0 Å². The standard InChI is InChI=1S/C11H18N2O/c1-5-14-9(4)11-7-10(12-13-11)6-8(2)3/h7-8H,4-6H2,1-3H3,(H,12,13). The summed E-state index contributed by atoms with van der Waals surface area (Å²) in [6, 6.07) is 2.00. The van der Waals surface area contributed by atoms with Gasteiger partial charge in [-0.1, -0.05) is 20.4 Å². The molecule has 0 aliphatic carbocycles. The summed E-state index contributed by atoms with van der Waals surface area (Å²) in [5.74, 6) is 1.27. The van der Waals surface area contributed by atoms with E-state index in [-0.39, 0.29) is 0 Å². The van der Waals surface area contributed by atoms with Crippen molar-refractivity contribution >= 4 is 5.76 Å². The predicted molar refractivity (Wildman–Crippen MR) is 57.8 cm³/mol. The monoisotopic (exact) mass is 194 g/mol. The summed E-state index contributed by atoms with van der Waals surface area (Å²) in [7, 11) is 0. The molecule has 1 N–H and O–H groups in total. The molecular formula is C11H18N2O. The molecule has 0 aliphatic rings. The highest BCUT2D eigenvalue weighted by atomic mass is 16.5. The van der Waals surface area contributed by atoms with Crippen LogP contribution in [0.1, 0.15) is 32.2 Å². The van der Waals surface area contributed by atoms with Crippen molar-refractivity contribution in [2.24, 2.45) is 5.92 Å². The lowest BCUT2D eigenvalue weighted by molar-refractivity contribution is 0.297. The highest BCUT2D eigenvalue weighted by Gasteiger charge is 2.06. The maximum Gasteiger partial charge on any atom is 0.139 e. The van der Waals surface area contributed by atoms with Crippen LogP contribution in [0.15, 0.2) is 12.6 Å². The van der Waals surface area contributed by atoms with Gasteiger partial charge < -0.3 is 4.74 Å². The first-order chi connectivity index (χ1) is 6.63. The van der Waals surface area contributed by atoms with Crippen molar-refractivity contribution in [2.45, 2.75) is 27.2 Å². The lowest BCUT2D eigenvalue weighted by atomic mass is 10.1. The average Bonchev–Trinajstić information content (AvgIpc) is 2.52. The van der Waals surface area contributed by atoms with E-state index < -0.39 is 0 Å². The van der Waals surface area contributed by atoms with E-state index in [4.69, 9.17) is 4.74 Å². The summed E-state index contributed by atoms with van der Waals surface area (Å²) in [5.41, 5.74) is 1.94. The Hall–Kier alpha value is -1.25. The van der Waals surface area contributed by atoms with Crippen LogP contribution in [-0.2, 0) is 11.2 Å². The Bertz CT molecular complexity index is 302. The SMILES string of the molecule is C=C(OCC)c1cc(CC(C)C)[nH]n1. The van der Waals surface area contributed by atoms with Gasteiger partial charge in [-0.2, -0.15) is 5.10 Å². The number of H-pyrrole nitrogens is 1. The van der Waals surface area contributed by atoms with E-state index in [0.29, 0.717) is 18.3 Å². The molecule has 0 aromatic carbocycles. The fourth-order valence-electron chi connectivity index (χ4n) is 1.30. The third-order valence-corrected chi connectivity index (χ3v) is 1.86. The van der Waals surface area contributed by atoms with Gasteiger partial charge in [0.2, 0.25) is 0 Å². The smallest absolute Gasteiger partial charge is 0.139 e. The van der Waals surface area contributed by atoms with Crippen LogP contribution in [0, 0.1) is 5.92 Å². The van der Waals surface area contributed by atoms with Crippen molar-refractivity contribution in [1.82, 2.24) is 10.2 Å².